The molecule has 0 radical (unpaired) electrons. The molecule has 0 bridgehead atoms. The van der Waals surface area contributed by atoms with E-state index in [9.17, 15) is 13.2 Å². The summed E-state index contributed by atoms with van der Waals surface area (Å²) in [6, 6.07) is 11.7. The lowest BCUT2D eigenvalue weighted by Gasteiger charge is -2.17. The van der Waals surface area contributed by atoms with Crippen molar-refractivity contribution >= 4 is 32.4 Å². The minimum atomic E-state index is -4.02. The molecule has 3 aromatic rings. The van der Waals surface area contributed by atoms with E-state index in [1.807, 2.05) is 38.1 Å². The summed E-state index contributed by atoms with van der Waals surface area (Å²) in [5, 5.41) is 3.14. The van der Waals surface area contributed by atoms with Crippen LogP contribution >= 0.6 is 11.3 Å². The largest absolute Gasteiger partial charge is 0.495 e. The normalized spacial score (nSPS) is 11.5. The van der Waals surface area contributed by atoms with Crippen LogP contribution in [0.3, 0.4) is 0 Å². The molecule has 0 unspecified atom stereocenters. The van der Waals surface area contributed by atoms with Gasteiger partial charge in [-0.3, -0.25) is 14.9 Å². The molecule has 176 valence electrons. The number of ether oxygens (including phenoxy) is 2. The maximum absolute atomic E-state index is 12.9. The Morgan fingerprint density at radius 2 is 1.85 bits per heavy atom. The fraction of sp³-hybridized carbons (Fsp3) is 0.273. The van der Waals surface area contributed by atoms with Gasteiger partial charge in [-0.15, -0.1) is 11.3 Å². The second-order valence-corrected chi connectivity index (χ2v) is 9.91. The lowest BCUT2D eigenvalue weighted by molar-refractivity contribution is -0.0259. The van der Waals surface area contributed by atoms with Crippen LogP contribution in [0.25, 0.3) is 11.3 Å². The van der Waals surface area contributed by atoms with Gasteiger partial charge in [-0.25, -0.2) is 13.4 Å². The van der Waals surface area contributed by atoms with Gasteiger partial charge in [0.05, 0.1) is 26.5 Å². The highest BCUT2D eigenvalue weighted by Gasteiger charge is 2.26. The molecule has 1 amide bonds. The molecule has 1 aromatic heterocycles. The summed E-state index contributed by atoms with van der Waals surface area (Å²) in [6.07, 6.45) is 0. The summed E-state index contributed by atoms with van der Waals surface area (Å²) in [5.41, 5.74) is 1.78. The second-order valence-electron chi connectivity index (χ2n) is 6.80. The molecule has 33 heavy (non-hydrogen) atoms. The summed E-state index contributed by atoms with van der Waals surface area (Å²) in [6.45, 7) is 4.42. The second kappa shape index (κ2) is 10.3. The number of hydrogen-bond acceptors (Lipinski definition) is 8. The number of anilines is 1. The highest BCUT2D eigenvalue weighted by Crippen LogP contribution is 2.32. The monoisotopic (exact) mass is 491 g/mol. The Morgan fingerprint density at radius 1 is 1.15 bits per heavy atom. The van der Waals surface area contributed by atoms with E-state index < -0.39 is 15.9 Å². The lowest BCUT2D eigenvalue weighted by atomic mass is 10.1. The smallest absolute Gasteiger partial charge is 0.268 e. The average Bonchev–Trinajstić information content (AvgIpc) is 3.18. The van der Waals surface area contributed by atoms with E-state index in [0.29, 0.717) is 16.2 Å². The van der Waals surface area contributed by atoms with Gasteiger partial charge < -0.3 is 9.47 Å². The zero-order chi connectivity index (χ0) is 24.2. The van der Waals surface area contributed by atoms with Crippen LogP contribution in [0.2, 0.25) is 0 Å². The molecule has 11 heteroatoms. The van der Waals surface area contributed by atoms with Crippen LogP contribution in [-0.2, 0) is 14.9 Å². The topological polar surface area (TPSA) is 107 Å². The van der Waals surface area contributed by atoms with Crippen molar-refractivity contribution in [3.8, 4) is 22.8 Å². The van der Waals surface area contributed by atoms with E-state index in [1.54, 1.807) is 0 Å². The Labute approximate surface area is 196 Å². The zero-order valence-corrected chi connectivity index (χ0v) is 20.5. The van der Waals surface area contributed by atoms with Crippen molar-refractivity contribution in [1.29, 1.82) is 0 Å². The highest BCUT2D eigenvalue weighted by molar-refractivity contribution is 7.89. The van der Waals surface area contributed by atoms with E-state index in [1.165, 1.54) is 50.8 Å². The molecule has 1 heterocycles. The van der Waals surface area contributed by atoms with Gasteiger partial charge in [0.2, 0.25) is 0 Å². The Kier molecular flexibility index (Phi) is 7.69. The molecule has 0 atom stereocenters. The molecule has 0 fully saturated rings. The van der Waals surface area contributed by atoms with E-state index in [-0.39, 0.29) is 16.2 Å². The Morgan fingerprint density at radius 3 is 2.45 bits per heavy atom. The molecule has 0 saturated carbocycles. The number of thiazole rings is 1. The summed E-state index contributed by atoms with van der Waals surface area (Å²) in [5.74, 6) is 0.367. The maximum Gasteiger partial charge on any atom is 0.268 e. The fourth-order valence-electron chi connectivity index (χ4n) is 3.02. The number of hydrogen-bond donors (Lipinski definition) is 1. The first-order valence-corrected chi connectivity index (χ1v) is 12.2. The Balaban J connectivity index is 1.86. The molecule has 9 nitrogen and oxygen atoms in total. The first-order chi connectivity index (χ1) is 15.7. The molecular weight excluding hydrogens is 466 g/mol. The maximum atomic E-state index is 12.9. The van der Waals surface area contributed by atoms with E-state index in [2.05, 4.69) is 10.3 Å². The van der Waals surface area contributed by atoms with E-state index in [0.717, 1.165) is 21.9 Å². The van der Waals surface area contributed by atoms with Crippen LogP contribution < -0.4 is 14.8 Å². The summed E-state index contributed by atoms with van der Waals surface area (Å²) >= 11 is 1.33. The molecule has 2 aromatic carbocycles. The third-order valence-corrected chi connectivity index (χ3v) is 7.34. The number of carbonyl (C=O) groups is 1. The Hall–Kier alpha value is -2.99. The first-order valence-electron chi connectivity index (χ1n) is 9.94. The van der Waals surface area contributed by atoms with Gasteiger partial charge in [-0.05, 0) is 56.3 Å². The van der Waals surface area contributed by atoms with Crippen molar-refractivity contribution in [3.63, 3.8) is 0 Å². The lowest BCUT2D eigenvalue weighted by Crippen LogP contribution is -2.26. The molecule has 0 aliphatic heterocycles. The quantitative estimate of drug-likeness (QED) is 0.452. The van der Waals surface area contributed by atoms with Crippen LogP contribution in [0.4, 0.5) is 5.13 Å². The zero-order valence-electron chi connectivity index (χ0n) is 18.9. The summed E-state index contributed by atoms with van der Waals surface area (Å²) < 4.78 is 36.8. The van der Waals surface area contributed by atoms with Gasteiger partial charge in [-0.2, -0.15) is 0 Å². The molecule has 0 aliphatic carbocycles. The van der Waals surface area contributed by atoms with Crippen LogP contribution in [0.5, 0.6) is 11.5 Å². The highest BCUT2D eigenvalue weighted by atomic mass is 32.2. The van der Waals surface area contributed by atoms with Crippen molar-refractivity contribution < 1.29 is 27.5 Å². The van der Waals surface area contributed by atoms with Crippen LogP contribution in [-0.4, -0.2) is 51.7 Å². The molecule has 0 aliphatic rings. The standard InChI is InChI=1S/C22H25N3O6S2/c1-6-31-17-10-7-15(8-11-17)20-14(2)32-22(23-20)24-21(26)16-9-12-18(29-4)19(13-16)33(27,28)25(3)30-5/h7-13H,6H2,1-5H3,(H,23,24,26). The number of hydroxylamine groups is 1. The van der Waals surface area contributed by atoms with Crippen LogP contribution in [0, 0.1) is 6.92 Å². The average molecular weight is 492 g/mol. The van der Waals surface area contributed by atoms with Gasteiger partial charge in [0.1, 0.15) is 16.4 Å². The first kappa shape index (κ1) is 24.6. The van der Waals surface area contributed by atoms with Crippen molar-refractivity contribution in [1.82, 2.24) is 9.45 Å². The number of rotatable bonds is 9. The van der Waals surface area contributed by atoms with Crippen LogP contribution in [0.15, 0.2) is 47.4 Å². The van der Waals surface area contributed by atoms with Crippen molar-refractivity contribution in [2.75, 3.05) is 33.2 Å². The molecular formula is C22H25N3O6S2. The number of aryl methyl sites for hydroxylation is 1. The van der Waals surface area contributed by atoms with Crippen molar-refractivity contribution in [2.24, 2.45) is 0 Å². The van der Waals surface area contributed by atoms with Gasteiger partial charge in [0.15, 0.2) is 5.13 Å². The number of aromatic nitrogens is 1. The van der Waals surface area contributed by atoms with Gasteiger partial charge in [-0.1, -0.05) is 4.47 Å². The van der Waals surface area contributed by atoms with E-state index >= 15 is 0 Å². The SMILES string of the molecule is CCOc1ccc(-c2nc(NC(=O)c3ccc(OC)c(S(=O)(=O)N(C)OC)c3)sc2C)cc1. The number of amides is 1. The van der Waals surface area contributed by atoms with Gasteiger partial charge in [0, 0.05) is 23.1 Å². The number of carbonyl (C=O) groups excluding carboxylic acids is 1. The number of methoxy groups -OCH3 is 1. The number of benzene rings is 2. The van der Waals surface area contributed by atoms with E-state index in [4.69, 9.17) is 14.3 Å². The molecule has 0 spiro atoms. The number of sulfonamides is 1. The van der Waals surface area contributed by atoms with Gasteiger partial charge in [0.25, 0.3) is 15.9 Å². The van der Waals surface area contributed by atoms with Gasteiger partial charge >= 0.3 is 0 Å². The van der Waals surface area contributed by atoms with Crippen molar-refractivity contribution in [3.05, 3.63) is 52.9 Å². The predicted molar refractivity (Wildman–Crippen MR) is 126 cm³/mol. The summed E-state index contributed by atoms with van der Waals surface area (Å²) in [4.78, 5) is 23.0. The molecule has 0 saturated heterocycles. The van der Waals surface area contributed by atoms with Crippen molar-refractivity contribution in [2.45, 2.75) is 18.7 Å². The summed E-state index contributed by atoms with van der Waals surface area (Å²) in [7, 11) is -0.194. The Bertz CT molecular complexity index is 1240. The minimum absolute atomic E-state index is 0.0957. The third-order valence-electron chi connectivity index (χ3n) is 4.76. The molecule has 1 N–H and O–H groups in total. The third kappa shape index (κ3) is 5.33. The van der Waals surface area contributed by atoms with Crippen LogP contribution in [0.1, 0.15) is 22.2 Å². The predicted octanol–water partition coefficient (Wildman–Crippen LogP) is 3.96. The number of nitrogens with zero attached hydrogens (tertiary/aromatic N) is 2. The molecule has 3 rings (SSSR count). The fourth-order valence-corrected chi connectivity index (χ4v) is 5.00. The minimum Gasteiger partial charge on any atom is -0.495 e. The number of nitrogens with one attached hydrogen (secondary N) is 1.